The Morgan fingerprint density at radius 3 is 2.58 bits per heavy atom. The number of thiophene rings is 1. The molecular weight excluding hydrogens is 254 g/mol. The van der Waals surface area contributed by atoms with Crippen LogP contribution in [0, 0.1) is 16.7 Å². The van der Waals surface area contributed by atoms with Crippen LogP contribution in [-0.2, 0) is 0 Å². The Labute approximate surface area is 117 Å². The average Bonchev–Trinajstić information content (AvgIpc) is 2.88. The molecule has 0 spiro atoms. The fourth-order valence-corrected chi connectivity index (χ4v) is 2.88. The van der Waals surface area contributed by atoms with Crippen molar-refractivity contribution >= 4 is 17.2 Å². The lowest BCUT2D eigenvalue weighted by Gasteiger charge is -2.31. The van der Waals surface area contributed by atoms with Gasteiger partial charge in [-0.25, -0.2) is 4.98 Å². The second kappa shape index (κ2) is 5.41. The van der Waals surface area contributed by atoms with E-state index in [9.17, 15) is 0 Å². The fourth-order valence-electron chi connectivity index (χ4n) is 1.86. The fraction of sp³-hybridized carbons (Fsp3) is 0.333. The molecule has 98 valence electrons. The van der Waals surface area contributed by atoms with Crippen LogP contribution in [0.5, 0.6) is 0 Å². The first kappa shape index (κ1) is 13.6. The lowest BCUT2D eigenvalue weighted by Crippen LogP contribution is -2.25. The van der Waals surface area contributed by atoms with Crippen LogP contribution in [0.15, 0.2) is 35.8 Å². The molecule has 0 aliphatic heterocycles. The molecule has 0 saturated carbocycles. The summed E-state index contributed by atoms with van der Waals surface area (Å²) in [4.78, 5) is 5.57. The summed E-state index contributed by atoms with van der Waals surface area (Å²) in [7, 11) is 0. The van der Waals surface area contributed by atoms with E-state index in [0.717, 1.165) is 5.82 Å². The van der Waals surface area contributed by atoms with E-state index < -0.39 is 0 Å². The van der Waals surface area contributed by atoms with Crippen LogP contribution in [-0.4, -0.2) is 4.98 Å². The van der Waals surface area contributed by atoms with E-state index in [1.807, 2.05) is 6.07 Å². The molecule has 2 aromatic heterocycles. The van der Waals surface area contributed by atoms with Gasteiger partial charge in [-0.05, 0) is 29.0 Å². The van der Waals surface area contributed by atoms with Gasteiger partial charge >= 0.3 is 0 Å². The molecule has 1 atom stereocenters. The molecule has 0 saturated heterocycles. The minimum absolute atomic E-state index is 0.0838. The van der Waals surface area contributed by atoms with E-state index in [-0.39, 0.29) is 11.5 Å². The van der Waals surface area contributed by atoms with Crippen LogP contribution >= 0.6 is 11.3 Å². The predicted octanol–water partition coefficient (Wildman–Crippen LogP) is 4.21. The van der Waals surface area contributed by atoms with Gasteiger partial charge in [-0.1, -0.05) is 26.8 Å². The number of pyridine rings is 1. The second-order valence-electron chi connectivity index (χ2n) is 5.50. The number of nitriles is 1. The quantitative estimate of drug-likeness (QED) is 0.909. The molecule has 0 bridgehead atoms. The van der Waals surface area contributed by atoms with Gasteiger partial charge in [0.2, 0.25) is 0 Å². The van der Waals surface area contributed by atoms with Crippen LogP contribution < -0.4 is 5.32 Å². The topological polar surface area (TPSA) is 48.7 Å². The number of aromatic nitrogens is 1. The zero-order valence-electron chi connectivity index (χ0n) is 11.3. The van der Waals surface area contributed by atoms with Gasteiger partial charge in [0.1, 0.15) is 11.9 Å². The van der Waals surface area contributed by atoms with Crippen molar-refractivity contribution in [1.82, 2.24) is 4.98 Å². The summed E-state index contributed by atoms with van der Waals surface area (Å²) in [5.74, 6) is 0.798. The molecule has 1 unspecified atom stereocenters. The van der Waals surface area contributed by atoms with Gasteiger partial charge in [0.15, 0.2) is 0 Å². The summed E-state index contributed by atoms with van der Waals surface area (Å²) in [5.41, 5.74) is 0.662. The smallest absolute Gasteiger partial charge is 0.126 e. The van der Waals surface area contributed by atoms with Crippen molar-refractivity contribution in [3.63, 3.8) is 0 Å². The number of rotatable bonds is 3. The number of anilines is 1. The van der Waals surface area contributed by atoms with Crippen LogP contribution in [0.2, 0.25) is 0 Å². The molecule has 4 heteroatoms. The Hall–Kier alpha value is -1.86. The molecule has 0 amide bonds. The third-order valence-corrected chi connectivity index (χ3v) is 3.82. The minimum Gasteiger partial charge on any atom is -0.362 e. The van der Waals surface area contributed by atoms with Crippen LogP contribution in [0.25, 0.3) is 0 Å². The Bertz CT molecular complexity index is 559. The van der Waals surface area contributed by atoms with Gasteiger partial charge in [0, 0.05) is 11.1 Å². The molecule has 2 rings (SSSR count). The summed E-state index contributed by atoms with van der Waals surface area (Å²) < 4.78 is 0. The van der Waals surface area contributed by atoms with Gasteiger partial charge in [-0.15, -0.1) is 11.3 Å². The lowest BCUT2D eigenvalue weighted by atomic mass is 9.86. The Morgan fingerprint density at radius 2 is 2.11 bits per heavy atom. The first-order chi connectivity index (χ1) is 9.00. The summed E-state index contributed by atoms with van der Waals surface area (Å²) in [6.45, 7) is 6.61. The Morgan fingerprint density at radius 1 is 1.32 bits per heavy atom. The zero-order valence-corrected chi connectivity index (χ0v) is 12.2. The summed E-state index contributed by atoms with van der Waals surface area (Å²) >= 11 is 1.74. The molecule has 1 N–H and O–H groups in total. The highest BCUT2D eigenvalue weighted by atomic mass is 32.1. The van der Waals surface area contributed by atoms with E-state index in [4.69, 9.17) is 5.26 Å². The predicted molar refractivity (Wildman–Crippen MR) is 79.1 cm³/mol. The summed E-state index contributed by atoms with van der Waals surface area (Å²) in [5, 5.41) is 14.3. The third kappa shape index (κ3) is 3.33. The van der Waals surface area contributed by atoms with Gasteiger partial charge < -0.3 is 5.32 Å². The van der Waals surface area contributed by atoms with Crippen molar-refractivity contribution in [3.8, 4) is 6.07 Å². The highest BCUT2D eigenvalue weighted by molar-refractivity contribution is 7.10. The van der Waals surface area contributed by atoms with E-state index in [2.05, 4.69) is 54.7 Å². The molecule has 3 nitrogen and oxygen atoms in total. The largest absolute Gasteiger partial charge is 0.362 e. The SMILES string of the molecule is CC(C)(C)C(Nc1ccc(C#N)cn1)c1cccs1. The molecule has 19 heavy (non-hydrogen) atoms. The second-order valence-corrected chi connectivity index (χ2v) is 6.48. The van der Waals surface area contributed by atoms with Crippen molar-refractivity contribution in [2.24, 2.45) is 5.41 Å². The standard InChI is InChI=1S/C15H17N3S/c1-15(2,3)14(12-5-4-8-19-12)18-13-7-6-11(9-16)10-17-13/h4-8,10,14H,1-3H3,(H,17,18). The average molecular weight is 271 g/mol. The van der Waals surface area contributed by atoms with Crippen molar-refractivity contribution in [1.29, 1.82) is 5.26 Å². The molecule has 0 aliphatic carbocycles. The molecule has 0 aliphatic rings. The maximum absolute atomic E-state index is 8.78. The van der Waals surface area contributed by atoms with Crippen molar-refractivity contribution < 1.29 is 0 Å². The van der Waals surface area contributed by atoms with Crippen LogP contribution in [0.4, 0.5) is 5.82 Å². The first-order valence-electron chi connectivity index (χ1n) is 6.17. The molecule has 0 radical (unpaired) electrons. The van der Waals surface area contributed by atoms with Gasteiger partial charge in [-0.2, -0.15) is 5.26 Å². The molecular formula is C15H17N3S. The van der Waals surface area contributed by atoms with Crippen LogP contribution in [0.1, 0.15) is 37.3 Å². The highest BCUT2D eigenvalue weighted by Gasteiger charge is 2.27. The number of nitrogens with zero attached hydrogens (tertiary/aromatic N) is 2. The molecule has 0 aromatic carbocycles. The highest BCUT2D eigenvalue weighted by Crippen LogP contribution is 2.37. The molecule has 0 fully saturated rings. The molecule has 2 heterocycles. The summed E-state index contributed by atoms with van der Waals surface area (Å²) in [6.07, 6.45) is 1.59. The van der Waals surface area contributed by atoms with Gasteiger partial charge in [0.25, 0.3) is 0 Å². The number of hydrogen-bond acceptors (Lipinski definition) is 4. The zero-order chi connectivity index (χ0) is 13.9. The normalized spacial score (nSPS) is 12.7. The Kier molecular flexibility index (Phi) is 3.87. The van der Waals surface area contributed by atoms with Crippen LogP contribution in [0.3, 0.4) is 0 Å². The van der Waals surface area contributed by atoms with E-state index >= 15 is 0 Å². The van der Waals surface area contributed by atoms with E-state index in [0.29, 0.717) is 5.56 Å². The lowest BCUT2D eigenvalue weighted by molar-refractivity contribution is 0.351. The molecule has 2 aromatic rings. The van der Waals surface area contributed by atoms with Gasteiger partial charge in [0.05, 0.1) is 11.6 Å². The third-order valence-electron chi connectivity index (χ3n) is 2.88. The maximum atomic E-state index is 8.78. The number of nitrogens with one attached hydrogen (secondary N) is 1. The maximum Gasteiger partial charge on any atom is 0.126 e. The Balaban J connectivity index is 2.24. The first-order valence-corrected chi connectivity index (χ1v) is 7.05. The van der Waals surface area contributed by atoms with E-state index in [1.54, 1.807) is 23.6 Å². The minimum atomic E-state index is 0.0838. The van der Waals surface area contributed by atoms with Crippen molar-refractivity contribution in [2.75, 3.05) is 5.32 Å². The van der Waals surface area contributed by atoms with Gasteiger partial charge in [-0.3, -0.25) is 0 Å². The monoisotopic (exact) mass is 271 g/mol. The van der Waals surface area contributed by atoms with E-state index in [1.165, 1.54) is 4.88 Å². The van der Waals surface area contributed by atoms with Crippen molar-refractivity contribution in [2.45, 2.75) is 26.8 Å². The van der Waals surface area contributed by atoms with Crippen molar-refractivity contribution in [3.05, 3.63) is 46.3 Å². The number of hydrogen-bond donors (Lipinski definition) is 1. The summed E-state index contributed by atoms with van der Waals surface area (Å²) in [6, 6.07) is 10.1.